The highest BCUT2D eigenvalue weighted by atomic mass is 35.5. The first-order chi connectivity index (χ1) is 8.65. The van der Waals surface area contributed by atoms with Crippen LogP contribution in [0.3, 0.4) is 0 Å². The highest BCUT2D eigenvalue weighted by Crippen LogP contribution is 2.21. The van der Waals surface area contributed by atoms with Crippen LogP contribution in [0.25, 0.3) is 0 Å². The number of anilines is 1. The van der Waals surface area contributed by atoms with Crippen LogP contribution in [-0.4, -0.2) is 49.1 Å². The van der Waals surface area contributed by atoms with E-state index in [0.29, 0.717) is 29.5 Å². The van der Waals surface area contributed by atoms with Crippen molar-refractivity contribution in [2.24, 2.45) is 0 Å². The van der Waals surface area contributed by atoms with E-state index in [4.69, 9.17) is 16.3 Å². The van der Waals surface area contributed by atoms with Crippen LogP contribution in [0.2, 0.25) is 5.02 Å². The molecule has 1 aromatic heterocycles. The summed E-state index contributed by atoms with van der Waals surface area (Å²) in [5.41, 5.74) is 0.510. The fourth-order valence-electron chi connectivity index (χ4n) is 2.03. The van der Waals surface area contributed by atoms with E-state index in [-0.39, 0.29) is 12.0 Å². The van der Waals surface area contributed by atoms with E-state index >= 15 is 0 Å². The zero-order valence-electron chi connectivity index (χ0n) is 10.4. The fraction of sp³-hybridized carbons (Fsp3) is 0.500. The number of hydrogen-bond acceptors (Lipinski definition) is 4. The molecule has 1 amide bonds. The van der Waals surface area contributed by atoms with E-state index in [2.05, 4.69) is 10.3 Å². The molecule has 18 heavy (non-hydrogen) atoms. The lowest BCUT2D eigenvalue weighted by molar-refractivity contribution is 0.0724. The number of likely N-dealkylation sites (tertiary alicyclic amines) is 1. The maximum atomic E-state index is 12.2. The summed E-state index contributed by atoms with van der Waals surface area (Å²) in [5.74, 6) is 0.524. The van der Waals surface area contributed by atoms with Crippen molar-refractivity contribution in [3.8, 4) is 0 Å². The van der Waals surface area contributed by atoms with Crippen LogP contribution < -0.4 is 5.32 Å². The average molecular weight is 270 g/mol. The largest absolute Gasteiger partial charge is 0.380 e. The van der Waals surface area contributed by atoms with Crippen LogP contribution >= 0.6 is 11.6 Å². The monoisotopic (exact) mass is 269 g/mol. The summed E-state index contributed by atoms with van der Waals surface area (Å²) >= 11 is 6.02. The summed E-state index contributed by atoms with van der Waals surface area (Å²) < 4.78 is 5.24. The predicted octanol–water partition coefficient (Wildman–Crippen LogP) is 1.64. The van der Waals surface area contributed by atoms with Crippen LogP contribution in [0.4, 0.5) is 5.82 Å². The highest BCUT2D eigenvalue weighted by molar-refractivity contribution is 6.33. The second-order valence-electron chi connectivity index (χ2n) is 4.20. The summed E-state index contributed by atoms with van der Waals surface area (Å²) in [7, 11) is 3.40. The van der Waals surface area contributed by atoms with Crippen LogP contribution in [0, 0.1) is 0 Å². The van der Waals surface area contributed by atoms with Crippen molar-refractivity contribution >= 4 is 23.3 Å². The van der Waals surface area contributed by atoms with Crippen LogP contribution in [0.15, 0.2) is 12.3 Å². The van der Waals surface area contributed by atoms with Crippen molar-refractivity contribution < 1.29 is 9.53 Å². The Kier molecular flexibility index (Phi) is 4.04. The minimum Gasteiger partial charge on any atom is -0.380 e. The lowest BCUT2D eigenvalue weighted by Crippen LogP contribution is -2.30. The number of amides is 1. The molecule has 1 saturated heterocycles. The van der Waals surface area contributed by atoms with E-state index in [1.165, 1.54) is 0 Å². The molecule has 98 valence electrons. The van der Waals surface area contributed by atoms with Gasteiger partial charge in [-0.05, 0) is 12.5 Å². The Bertz CT molecular complexity index is 453. The van der Waals surface area contributed by atoms with Gasteiger partial charge >= 0.3 is 0 Å². The molecule has 1 fully saturated rings. The first-order valence-electron chi connectivity index (χ1n) is 5.81. The van der Waals surface area contributed by atoms with Gasteiger partial charge in [-0.3, -0.25) is 4.79 Å². The molecule has 0 aliphatic carbocycles. The van der Waals surface area contributed by atoms with E-state index in [0.717, 1.165) is 6.42 Å². The number of nitrogens with one attached hydrogen (secondary N) is 1. The molecule has 2 rings (SSSR count). The molecule has 0 spiro atoms. The third-order valence-electron chi connectivity index (χ3n) is 3.09. The Labute approximate surface area is 111 Å². The zero-order chi connectivity index (χ0) is 13.1. The number of carbonyl (C=O) groups is 1. The summed E-state index contributed by atoms with van der Waals surface area (Å²) in [4.78, 5) is 18.1. The van der Waals surface area contributed by atoms with Gasteiger partial charge in [0.2, 0.25) is 0 Å². The van der Waals surface area contributed by atoms with Crippen molar-refractivity contribution in [1.82, 2.24) is 9.88 Å². The van der Waals surface area contributed by atoms with Gasteiger partial charge in [-0.2, -0.15) is 0 Å². The molecule has 1 aromatic rings. The zero-order valence-corrected chi connectivity index (χ0v) is 11.2. The molecule has 0 bridgehead atoms. The van der Waals surface area contributed by atoms with E-state index < -0.39 is 0 Å². The van der Waals surface area contributed by atoms with Crippen molar-refractivity contribution in [2.75, 3.05) is 32.6 Å². The maximum Gasteiger partial charge on any atom is 0.255 e. The number of nitrogens with zero attached hydrogens (tertiary/aromatic N) is 2. The van der Waals surface area contributed by atoms with Gasteiger partial charge in [0.25, 0.3) is 5.91 Å². The standard InChI is InChI=1S/C12H16ClN3O2/c1-14-11-10(13)5-8(6-15-11)12(17)16-4-3-9(7-16)18-2/h5-6,9H,3-4,7H2,1-2H3,(H,14,15). The molecule has 0 saturated carbocycles. The smallest absolute Gasteiger partial charge is 0.255 e. The number of halogens is 1. The first-order valence-corrected chi connectivity index (χ1v) is 6.19. The molecule has 5 nitrogen and oxygen atoms in total. The number of ether oxygens (including phenoxy) is 1. The first kappa shape index (κ1) is 13.1. The Hall–Kier alpha value is -1.33. The Balaban J connectivity index is 2.12. The number of aromatic nitrogens is 1. The van der Waals surface area contributed by atoms with Gasteiger partial charge < -0.3 is 15.0 Å². The van der Waals surface area contributed by atoms with Crippen LogP contribution in [0.5, 0.6) is 0 Å². The maximum absolute atomic E-state index is 12.2. The molecule has 1 aliphatic rings. The third-order valence-corrected chi connectivity index (χ3v) is 3.38. The predicted molar refractivity (Wildman–Crippen MR) is 70.1 cm³/mol. The molecule has 1 aliphatic heterocycles. The van der Waals surface area contributed by atoms with Gasteiger partial charge in [-0.15, -0.1) is 0 Å². The number of hydrogen-bond donors (Lipinski definition) is 1. The van der Waals surface area contributed by atoms with Gasteiger partial charge in [-0.25, -0.2) is 4.98 Å². The summed E-state index contributed by atoms with van der Waals surface area (Å²) in [6, 6.07) is 1.64. The summed E-state index contributed by atoms with van der Waals surface area (Å²) in [6.07, 6.45) is 2.55. The van der Waals surface area contributed by atoms with Gasteiger partial charge in [0.15, 0.2) is 0 Å². The van der Waals surface area contributed by atoms with Gasteiger partial charge in [0, 0.05) is 33.4 Å². The topological polar surface area (TPSA) is 54.5 Å². The summed E-state index contributed by atoms with van der Waals surface area (Å²) in [6.45, 7) is 1.34. The molecule has 1 N–H and O–H groups in total. The molecule has 2 heterocycles. The van der Waals surface area contributed by atoms with E-state index in [9.17, 15) is 4.79 Å². The molecule has 1 unspecified atom stereocenters. The van der Waals surface area contributed by atoms with Crippen LogP contribution in [0.1, 0.15) is 16.8 Å². The van der Waals surface area contributed by atoms with Gasteiger partial charge in [0.05, 0.1) is 16.7 Å². The Morgan fingerprint density at radius 2 is 2.44 bits per heavy atom. The lowest BCUT2D eigenvalue weighted by atomic mass is 10.2. The minimum absolute atomic E-state index is 0.0494. The molecular formula is C12H16ClN3O2. The van der Waals surface area contributed by atoms with Crippen molar-refractivity contribution in [3.05, 3.63) is 22.8 Å². The molecule has 0 aromatic carbocycles. The Morgan fingerprint density at radius 3 is 3.00 bits per heavy atom. The highest BCUT2D eigenvalue weighted by Gasteiger charge is 2.27. The quantitative estimate of drug-likeness (QED) is 0.906. The number of rotatable bonds is 3. The summed E-state index contributed by atoms with van der Waals surface area (Å²) in [5, 5.41) is 3.31. The third kappa shape index (κ3) is 2.57. The normalized spacial score (nSPS) is 19.1. The number of pyridine rings is 1. The van der Waals surface area contributed by atoms with Gasteiger partial charge in [-0.1, -0.05) is 11.6 Å². The second-order valence-corrected chi connectivity index (χ2v) is 4.61. The van der Waals surface area contributed by atoms with E-state index in [1.807, 2.05) is 0 Å². The average Bonchev–Trinajstić information content (AvgIpc) is 2.86. The lowest BCUT2D eigenvalue weighted by Gasteiger charge is -2.16. The molecule has 1 atom stereocenters. The van der Waals surface area contributed by atoms with Crippen LogP contribution in [-0.2, 0) is 4.74 Å². The minimum atomic E-state index is -0.0494. The Morgan fingerprint density at radius 1 is 1.67 bits per heavy atom. The van der Waals surface area contributed by atoms with E-state index in [1.54, 1.807) is 31.3 Å². The number of carbonyl (C=O) groups excluding carboxylic acids is 1. The fourth-order valence-corrected chi connectivity index (χ4v) is 2.29. The van der Waals surface area contributed by atoms with Crippen molar-refractivity contribution in [2.45, 2.75) is 12.5 Å². The SMILES string of the molecule is CNc1ncc(C(=O)N2CCC(OC)C2)cc1Cl. The second kappa shape index (κ2) is 5.54. The number of methoxy groups -OCH3 is 1. The van der Waals surface area contributed by atoms with Crippen molar-refractivity contribution in [1.29, 1.82) is 0 Å². The van der Waals surface area contributed by atoms with Crippen molar-refractivity contribution in [3.63, 3.8) is 0 Å². The molecule has 0 radical (unpaired) electrons. The molecular weight excluding hydrogens is 254 g/mol. The van der Waals surface area contributed by atoms with Gasteiger partial charge in [0.1, 0.15) is 5.82 Å². The molecule has 6 heteroatoms.